The van der Waals surface area contributed by atoms with Gasteiger partial charge in [-0.2, -0.15) is 0 Å². The maximum Gasteiger partial charge on any atom is 0.315 e. The highest BCUT2D eigenvalue weighted by Gasteiger charge is 2.73. The van der Waals surface area contributed by atoms with Crippen LogP contribution in [0.5, 0.6) is 0 Å². The Kier molecular flexibility index (Phi) is 11.0. The second-order valence-electron chi connectivity index (χ2n) is 20.7. The summed E-state index contributed by atoms with van der Waals surface area (Å²) in [4.78, 5) is 28.2. The van der Waals surface area contributed by atoms with Crippen molar-refractivity contribution in [3.8, 4) is 0 Å². The Morgan fingerprint density at radius 3 is 1.95 bits per heavy atom. The first-order valence-electron chi connectivity index (χ1n) is 20.9. The van der Waals surface area contributed by atoms with Gasteiger partial charge in [0.05, 0.1) is 36.3 Å². The van der Waals surface area contributed by atoms with Gasteiger partial charge in [-0.3, -0.25) is 9.59 Å². The highest BCUT2D eigenvalue weighted by atomic mass is 16.7. The molecule has 10 N–H and O–H groups in total. The van der Waals surface area contributed by atoms with Crippen LogP contribution >= 0.6 is 0 Å². The molecular formula is C42H66O15. The van der Waals surface area contributed by atoms with Crippen molar-refractivity contribution in [1.29, 1.82) is 0 Å². The molecule has 6 fully saturated rings. The van der Waals surface area contributed by atoms with Gasteiger partial charge in [0.2, 0.25) is 6.29 Å². The molecule has 2 saturated heterocycles. The van der Waals surface area contributed by atoms with Crippen LogP contribution in [-0.2, 0) is 23.8 Å². The maximum atomic E-state index is 14.6. The van der Waals surface area contributed by atoms with Crippen LogP contribution in [0.25, 0.3) is 0 Å². The van der Waals surface area contributed by atoms with E-state index in [1.54, 1.807) is 6.92 Å². The molecule has 0 spiro atoms. The number of hydrogen-bond donors (Lipinski definition) is 10. The zero-order valence-electron chi connectivity index (χ0n) is 34.0. The molecule has 15 nitrogen and oxygen atoms in total. The molecule has 5 aliphatic carbocycles. The summed E-state index contributed by atoms with van der Waals surface area (Å²) >= 11 is 0. The topological polar surface area (TPSA) is 264 Å². The number of fused-ring (bicyclic) bond motifs is 7. The number of aliphatic hydroxyl groups is 9. The molecule has 7 aliphatic rings. The van der Waals surface area contributed by atoms with Gasteiger partial charge in [-0.05, 0) is 104 Å². The molecular weight excluding hydrogens is 744 g/mol. The number of esters is 1. The summed E-state index contributed by atoms with van der Waals surface area (Å²) < 4.78 is 17.5. The number of aliphatic hydroxyl groups excluding tert-OH is 9. The van der Waals surface area contributed by atoms with Gasteiger partial charge in [0.25, 0.3) is 0 Å². The first kappa shape index (κ1) is 43.3. The number of carboxylic acids is 1. The Labute approximate surface area is 334 Å². The number of ether oxygens (including phenoxy) is 3. The molecule has 2 aliphatic heterocycles. The number of allylic oxidation sites excluding steroid dienone is 2. The molecule has 0 radical (unpaired) electrons. The van der Waals surface area contributed by atoms with Gasteiger partial charge >= 0.3 is 11.9 Å². The lowest BCUT2D eigenvalue weighted by Gasteiger charge is -2.72. The van der Waals surface area contributed by atoms with E-state index in [0.29, 0.717) is 44.9 Å². The lowest BCUT2D eigenvalue weighted by atomic mass is 9.32. The summed E-state index contributed by atoms with van der Waals surface area (Å²) in [6, 6.07) is 0. The minimum absolute atomic E-state index is 0.0910. The van der Waals surface area contributed by atoms with E-state index in [-0.39, 0.29) is 23.7 Å². The highest BCUT2D eigenvalue weighted by molar-refractivity contribution is 5.79. The molecule has 2 heterocycles. The molecule has 0 aromatic carbocycles. The molecule has 324 valence electrons. The SMILES string of the molecule is CC1(C)CC[C@]2(C(=O)O[C@@H]3O[C@H](CO)[C@@H](O)[C@H](O)[C@H]3O)CC[C@]3(C)C(=CC[C@@H]4[C@@]5(C)C[C@H](O)[C@H]([C@@H]6O[C@H](CO)[C@@H](O)[C@H](O)[C@H]6O)[C@@](C)(C(=O)O)[C@@H]5CC[C@]43C)[C@@H]2C1. The van der Waals surface area contributed by atoms with Crippen molar-refractivity contribution >= 4 is 11.9 Å². The van der Waals surface area contributed by atoms with Crippen molar-refractivity contribution in [3.63, 3.8) is 0 Å². The van der Waals surface area contributed by atoms with E-state index in [1.807, 2.05) is 0 Å². The van der Waals surface area contributed by atoms with E-state index in [9.17, 15) is 60.7 Å². The van der Waals surface area contributed by atoms with E-state index >= 15 is 0 Å². The van der Waals surface area contributed by atoms with E-state index < -0.39 is 131 Å². The molecule has 7 rings (SSSR count). The zero-order chi connectivity index (χ0) is 42.0. The zero-order valence-corrected chi connectivity index (χ0v) is 34.0. The first-order chi connectivity index (χ1) is 26.5. The Bertz CT molecular complexity index is 1600. The lowest BCUT2D eigenvalue weighted by molar-refractivity contribution is -0.298. The Morgan fingerprint density at radius 1 is 0.737 bits per heavy atom. The third-order valence-electron chi connectivity index (χ3n) is 17.6. The minimum atomic E-state index is -1.72. The smallest absolute Gasteiger partial charge is 0.315 e. The number of rotatable bonds is 6. The average molecular weight is 811 g/mol. The van der Waals surface area contributed by atoms with Gasteiger partial charge in [0.1, 0.15) is 48.8 Å². The summed E-state index contributed by atoms with van der Waals surface area (Å²) in [5.74, 6) is -3.69. The van der Waals surface area contributed by atoms with Crippen LogP contribution in [0, 0.1) is 56.2 Å². The van der Waals surface area contributed by atoms with Gasteiger partial charge in [-0.1, -0.05) is 46.3 Å². The molecule has 20 atom stereocenters. The molecule has 0 bridgehead atoms. The molecule has 0 aromatic heterocycles. The highest BCUT2D eigenvalue weighted by Crippen LogP contribution is 2.76. The number of carbonyl (C=O) groups is 2. The van der Waals surface area contributed by atoms with Gasteiger partial charge in [-0.15, -0.1) is 0 Å². The van der Waals surface area contributed by atoms with Crippen molar-refractivity contribution in [1.82, 2.24) is 0 Å². The van der Waals surface area contributed by atoms with E-state index in [1.165, 1.54) is 0 Å². The Hall–Kier alpha value is -1.76. The predicted octanol–water partition coefficient (Wildman–Crippen LogP) is 0.625. The molecule has 0 aromatic rings. The van der Waals surface area contributed by atoms with Crippen molar-refractivity contribution in [2.24, 2.45) is 56.2 Å². The van der Waals surface area contributed by atoms with E-state index in [0.717, 1.165) is 12.0 Å². The predicted molar refractivity (Wildman–Crippen MR) is 200 cm³/mol. The lowest BCUT2D eigenvalue weighted by Crippen LogP contribution is -2.71. The van der Waals surface area contributed by atoms with Gasteiger partial charge in [0.15, 0.2) is 0 Å². The van der Waals surface area contributed by atoms with Crippen LogP contribution in [0.2, 0.25) is 0 Å². The fourth-order valence-electron chi connectivity index (χ4n) is 14.1. The van der Waals surface area contributed by atoms with E-state index in [4.69, 9.17) is 14.2 Å². The van der Waals surface area contributed by atoms with Crippen LogP contribution in [0.4, 0.5) is 0 Å². The molecule has 0 amide bonds. The molecule has 0 unspecified atom stereocenters. The monoisotopic (exact) mass is 810 g/mol. The number of carboxylic acid groups (broad SMARTS) is 1. The number of hydrogen-bond acceptors (Lipinski definition) is 14. The summed E-state index contributed by atoms with van der Waals surface area (Å²) in [5, 5.41) is 107. The second-order valence-corrected chi connectivity index (χ2v) is 20.7. The average Bonchev–Trinajstić information content (AvgIpc) is 3.14. The van der Waals surface area contributed by atoms with Gasteiger partial charge in [-0.25, -0.2) is 0 Å². The maximum absolute atomic E-state index is 14.6. The van der Waals surface area contributed by atoms with Crippen LogP contribution < -0.4 is 0 Å². The Balaban J connectivity index is 1.23. The van der Waals surface area contributed by atoms with Crippen LogP contribution in [0.15, 0.2) is 11.6 Å². The van der Waals surface area contributed by atoms with Gasteiger partial charge < -0.3 is 65.3 Å². The standard InChI is InChI=1S/C42H66O15/c1-37(2)11-13-42(36(54)57-34-32(51)30(49)28(47)23(18-44)56-34)14-12-39(4)19(20(42)15-37)7-8-24-38(3)16-21(45)26(33-31(50)29(48)27(46)22(17-43)55-33)41(6,35(52)53)25(38)9-10-40(24,39)5/h7,20-34,43-51H,8-18H2,1-6H3,(H,52,53)/t20-,21-,22+,23+,24+,25+,26+,27+,28+,29-,30-,31+,32+,33-,34-,38+,39+,40+,41-,42-/m0/s1. The van der Waals surface area contributed by atoms with Crippen LogP contribution in [0.1, 0.15) is 99.3 Å². The number of aliphatic carboxylic acids is 1. The first-order valence-corrected chi connectivity index (χ1v) is 20.9. The largest absolute Gasteiger partial charge is 0.481 e. The van der Waals surface area contributed by atoms with Crippen molar-refractivity contribution in [2.45, 2.75) is 167 Å². The third kappa shape index (κ3) is 6.06. The fraction of sp³-hybridized carbons (Fsp3) is 0.905. The van der Waals surface area contributed by atoms with Crippen molar-refractivity contribution in [3.05, 3.63) is 11.6 Å². The second kappa shape index (κ2) is 14.4. The summed E-state index contributed by atoms with van der Waals surface area (Å²) in [6.45, 7) is 11.3. The normalized spacial score (nSPS) is 54.6. The van der Waals surface area contributed by atoms with Crippen molar-refractivity contribution in [2.75, 3.05) is 13.2 Å². The van der Waals surface area contributed by atoms with Crippen molar-refractivity contribution < 1.29 is 74.9 Å². The summed E-state index contributed by atoms with van der Waals surface area (Å²) in [5.41, 5.74) is -3.10. The molecule has 15 heteroatoms. The van der Waals surface area contributed by atoms with Crippen LogP contribution in [0.3, 0.4) is 0 Å². The summed E-state index contributed by atoms with van der Waals surface area (Å²) in [6.07, 6.45) is -9.56. The van der Waals surface area contributed by atoms with Gasteiger partial charge in [0, 0.05) is 5.92 Å². The number of carbonyl (C=O) groups excluding carboxylic acids is 1. The molecule has 4 saturated carbocycles. The summed E-state index contributed by atoms with van der Waals surface area (Å²) in [7, 11) is 0. The Morgan fingerprint density at radius 2 is 1.33 bits per heavy atom. The third-order valence-corrected chi connectivity index (χ3v) is 17.6. The molecule has 57 heavy (non-hydrogen) atoms. The van der Waals surface area contributed by atoms with Crippen LogP contribution in [-0.4, -0.2) is 144 Å². The van der Waals surface area contributed by atoms with E-state index in [2.05, 4.69) is 40.7 Å². The quantitative estimate of drug-likeness (QED) is 0.130. The fourth-order valence-corrected chi connectivity index (χ4v) is 14.1. The minimum Gasteiger partial charge on any atom is -0.481 e.